The number of carbonyl (C=O) groups excluding carboxylic acids is 3. The smallest absolute Gasteiger partial charge is 0.272 e. The lowest BCUT2D eigenvalue weighted by Crippen LogP contribution is -2.49. The van der Waals surface area contributed by atoms with Gasteiger partial charge in [0.1, 0.15) is 17.8 Å². The molecule has 1 spiro atoms. The number of aromatic nitrogens is 1. The number of benzene rings is 2. The number of imide groups is 1. The molecule has 5 aliphatic heterocycles. The number of hydrogen-bond acceptors (Lipinski definition) is 10. The summed E-state index contributed by atoms with van der Waals surface area (Å²) in [5.41, 5.74) is 5.49. The molecule has 2 aromatic carbocycles. The number of rotatable bonds is 8. The molecule has 6 heterocycles. The molecule has 8 rings (SSSR count). The highest BCUT2D eigenvalue weighted by molar-refractivity contribution is 6.32. The number of amides is 3. The average molecular weight is 778 g/mol. The molecule has 56 heavy (non-hydrogen) atoms. The van der Waals surface area contributed by atoms with Crippen LogP contribution in [0, 0.1) is 22.7 Å². The highest BCUT2D eigenvalue weighted by Gasteiger charge is 2.44. The van der Waals surface area contributed by atoms with Crippen LogP contribution in [0.1, 0.15) is 67.9 Å². The zero-order valence-corrected chi connectivity index (χ0v) is 33.0. The number of nitrogens with one attached hydrogen (secondary N) is 2. The Labute approximate surface area is 334 Å². The highest BCUT2D eigenvalue weighted by Crippen LogP contribution is 2.46. The largest absolute Gasteiger partial charge is 0.374 e. The van der Waals surface area contributed by atoms with Crippen LogP contribution in [0.4, 0.5) is 22.7 Å². The maximum Gasteiger partial charge on any atom is 0.272 e. The van der Waals surface area contributed by atoms with Crippen molar-refractivity contribution < 1.29 is 14.4 Å². The third-order valence-electron chi connectivity index (χ3n) is 12.9. The number of nitriles is 1. The number of halogens is 1. The fraction of sp³-hybridized carbons (Fsp3) is 0.512. The molecule has 1 aromatic heterocycles. The summed E-state index contributed by atoms with van der Waals surface area (Å²) in [5.74, 6) is 0.131. The Morgan fingerprint density at radius 1 is 0.929 bits per heavy atom. The lowest BCUT2D eigenvalue weighted by molar-refractivity contribution is -0.133. The first-order valence-corrected chi connectivity index (χ1v) is 20.7. The van der Waals surface area contributed by atoms with Gasteiger partial charge in [0, 0.05) is 95.0 Å². The van der Waals surface area contributed by atoms with Gasteiger partial charge in [-0.05, 0) is 105 Å². The van der Waals surface area contributed by atoms with Gasteiger partial charge in [0.15, 0.2) is 0 Å². The lowest BCUT2D eigenvalue weighted by Gasteiger charge is -2.40. The molecule has 294 valence electrons. The van der Waals surface area contributed by atoms with Crippen molar-refractivity contribution in [2.45, 2.75) is 64.0 Å². The molecule has 0 bridgehead atoms. The van der Waals surface area contributed by atoms with Gasteiger partial charge < -0.3 is 24.9 Å². The zero-order valence-electron chi connectivity index (χ0n) is 32.3. The number of piperidine rings is 3. The van der Waals surface area contributed by atoms with Gasteiger partial charge >= 0.3 is 0 Å². The first-order chi connectivity index (χ1) is 27.1. The maximum atomic E-state index is 13.5. The molecule has 2 N–H and O–H groups in total. The van der Waals surface area contributed by atoms with E-state index in [0.717, 1.165) is 120 Å². The summed E-state index contributed by atoms with van der Waals surface area (Å²) in [5, 5.41) is 15.5. The Morgan fingerprint density at radius 2 is 1.68 bits per heavy atom. The van der Waals surface area contributed by atoms with Crippen LogP contribution in [0.3, 0.4) is 0 Å². The summed E-state index contributed by atoms with van der Waals surface area (Å²) >= 11 is 6.38. The Bertz CT molecular complexity index is 1960. The average Bonchev–Trinajstić information content (AvgIpc) is 3.54. The van der Waals surface area contributed by atoms with Crippen molar-refractivity contribution >= 4 is 52.1 Å². The molecule has 12 nitrogen and oxygen atoms in total. The van der Waals surface area contributed by atoms with E-state index in [2.05, 4.69) is 66.4 Å². The second-order valence-corrected chi connectivity index (χ2v) is 17.0. The van der Waals surface area contributed by atoms with Gasteiger partial charge in [0.2, 0.25) is 11.8 Å². The van der Waals surface area contributed by atoms with Crippen molar-refractivity contribution in [2.75, 3.05) is 85.5 Å². The number of nitrogens with zero attached hydrogens (tertiary/aromatic N) is 7. The minimum Gasteiger partial charge on any atom is -0.374 e. The molecule has 3 amide bonds. The van der Waals surface area contributed by atoms with Crippen LogP contribution in [-0.2, 0) is 9.59 Å². The third-order valence-corrected chi connectivity index (χ3v) is 13.2. The first kappa shape index (κ1) is 38.0. The SMILES string of the molecule is CC1CC2(CCN(c3ccc(C(=O)N4CCC(CN5CCN(c6cccc(NC7CCC(=O)NC7=O)c6)CC5)CC4)nc3)CC2)CN1c1ccc(C#N)c(Cl)c1. The highest BCUT2D eigenvalue weighted by atomic mass is 35.5. The minimum absolute atomic E-state index is 0.0264. The Balaban J connectivity index is 0.762. The third kappa shape index (κ3) is 8.30. The van der Waals surface area contributed by atoms with Gasteiger partial charge in [-0.15, -0.1) is 0 Å². The van der Waals surface area contributed by atoms with E-state index in [1.807, 2.05) is 47.5 Å². The quantitative estimate of drug-likeness (QED) is 0.288. The molecule has 5 aliphatic rings. The molecular weight excluding hydrogens is 726 g/mol. The van der Waals surface area contributed by atoms with Gasteiger partial charge in [0.25, 0.3) is 5.91 Å². The normalized spacial score (nSPS) is 23.3. The van der Waals surface area contributed by atoms with Crippen LogP contribution in [0.15, 0.2) is 60.8 Å². The van der Waals surface area contributed by atoms with Crippen LogP contribution < -0.4 is 25.3 Å². The molecule has 2 atom stereocenters. The number of pyridine rings is 1. The fourth-order valence-corrected chi connectivity index (χ4v) is 9.82. The number of piperazine rings is 1. The van der Waals surface area contributed by atoms with Crippen LogP contribution in [0.25, 0.3) is 0 Å². The van der Waals surface area contributed by atoms with E-state index in [9.17, 15) is 19.6 Å². The summed E-state index contributed by atoms with van der Waals surface area (Å²) in [6.07, 6.45) is 8.08. The van der Waals surface area contributed by atoms with E-state index >= 15 is 0 Å². The van der Waals surface area contributed by atoms with E-state index in [1.54, 1.807) is 0 Å². The maximum absolute atomic E-state index is 13.5. The fourth-order valence-electron chi connectivity index (χ4n) is 9.60. The summed E-state index contributed by atoms with van der Waals surface area (Å²) < 4.78 is 0. The second-order valence-electron chi connectivity index (χ2n) is 16.6. The summed E-state index contributed by atoms with van der Waals surface area (Å²) in [7, 11) is 0. The van der Waals surface area contributed by atoms with E-state index in [4.69, 9.17) is 11.6 Å². The molecule has 0 aliphatic carbocycles. The predicted molar refractivity (Wildman–Crippen MR) is 219 cm³/mol. The molecule has 3 aromatic rings. The van der Waals surface area contributed by atoms with Crippen LogP contribution >= 0.6 is 11.6 Å². The van der Waals surface area contributed by atoms with E-state index in [-0.39, 0.29) is 23.1 Å². The minimum atomic E-state index is -0.393. The van der Waals surface area contributed by atoms with Gasteiger partial charge in [-0.3, -0.25) is 24.6 Å². The number of hydrogen-bond donors (Lipinski definition) is 2. The standard InChI is InChI=1S/C43H52ClN9O3/c1-30-25-43(29-53(30)35-6-5-32(26-45)37(44)24-35)13-17-50(18-14-43)36-7-8-39(46-27-36)42(56)52-15-11-31(12-16-52)28-49-19-21-51(22-20-49)34-4-2-3-33(23-34)47-38-9-10-40(54)48-41(38)55/h2-8,23-24,27,30-31,38,47H,9-22,25,28-29H2,1H3,(H,48,54,55). The Kier molecular flexibility index (Phi) is 11.1. The second kappa shape index (κ2) is 16.3. The molecule has 5 fully saturated rings. The van der Waals surface area contributed by atoms with Crippen molar-refractivity contribution in [3.63, 3.8) is 0 Å². The first-order valence-electron chi connectivity index (χ1n) is 20.3. The van der Waals surface area contributed by atoms with E-state index in [1.165, 1.54) is 0 Å². The monoisotopic (exact) mass is 777 g/mol. The van der Waals surface area contributed by atoms with Gasteiger partial charge in [-0.1, -0.05) is 17.7 Å². The van der Waals surface area contributed by atoms with Crippen LogP contribution in [-0.4, -0.2) is 110 Å². The van der Waals surface area contributed by atoms with Crippen molar-refractivity contribution in [2.24, 2.45) is 11.3 Å². The van der Waals surface area contributed by atoms with Crippen LogP contribution in [0.5, 0.6) is 0 Å². The predicted octanol–water partition coefficient (Wildman–Crippen LogP) is 5.38. The van der Waals surface area contributed by atoms with Crippen molar-refractivity contribution in [3.8, 4) is 6.07 Å². The Hall–Kier alpha value is -4.86. The van der Waals surface area contributed by atoms with Crippen molar-refractivity contribution in [1.29, 1.82) is 5.26 Å². The molecule has 0 saturated carbocycles. The summed E-state index contributed by atoms with van der Waals surface area (Å²) in [4.78, 5) is 53.7. The summed E-state index contributed by atoms with van der Waals surface area (Å²) in [6.45, 7) is 11.6. The topological polar surface area (TPSA) is 128 Å². The molecule has 2 unspecified atom stereocenters. The van der Waals surface area contributed by atoms with Gasteiger partial charge in [-0.2, -0.15) is 5.26 Å². The Morgan fingerprint density at radius 3 is 2.38 bits per heavy atom. The molecule has 0 radical (unpaired) electrons. The van der Waals surface area contributed by atoms with Crippen molar-refractivity contribution in [1.82, 2.24) is 20.1 Å². The van der Waals surface area contributed by atoms with E-state index in [0.29, 0.717) is 41.1 Å². The molecule has 5 saturated heterocycles. The molecule has 13 heteroatoms. The van der Waals surface area contributed by atoms with Gasteiger partial charge in [0.05, 0.1) is 22.5 Å². The van der Waals surface area contributed by atoms with Crippen molar-refractivity contribution in [3.05, 3.63) is 77.1 Å². The number of carbonyl (C=O) groups is 3. The number of likely N-dealkylation sites (tertiary alicyclic amines) is 1. The number of anilines is 4. The van der Waals surface area contributed by atoms with E-state index < -0.39 is 6.04 Å². The molecular formula is C43H52ClN9O3. The summed E-state index contributed by atoms with van der Waals surface area (Å²) in [6, 6.07) is 20.1. The van der Waals surface area contributed by atoms with Crippen LogP contribution in [0.2, 0.25) is 5.02 Å². The lowest BCUT2D eigenvalue weighted by atomic mass is 9.76. The zero-order chi connectivity index (χ0) is 38.8. The van der Waals surface area contributed by atoms with Gasteiger partial charge in [-0.25, -0.2) is 4.98 Å².